The van der Waals surface area contributed by atoms with Gasteiger partial charge < -0.3 is 15.2 Å². The van der Waals surface area contributed by atoms with Crippen LogP contribution in [0.4, 0.5) is 19.0 Å². The maximum atomic E-state index is 13.9. The summed E-state index contributed by atoms with van der Waals surface area (Å²) in [6, 6.07) is 19.6. The monoisotopic (exact) mass is 545 g/mol. The molecule has 6 aromatic rings. The van der Waals surface area contributed by atoms with Gasteiger partial charge in [0.05, 0.1) is 16.8 Å². The fourth-order valence-electron chi connectivity index (χ4n) is 4.73. The van der Waals surface area contributed by atoms with Gasteiger partial charge in [0, 0.05) is 6.54 Å². The number of rotatable bonds is 5. The molecule has 0 unspecified atom stereocenters. The number of halogens is 3. The zero-order valence-corrected chi connectivity index (χ0v) is 21.3. The van der Waals surface area contributed by atoms with Gasteiger partial charge in [0.15, 0.2) is 22.6 Å². The molecule has 3 heterocycles. The van der Waals surface area contributed by atoms with Gasteiger partial charge in [0.1, 0.15) is 11.8 Å². The Bertz CT molecular complexity index is 1940. The minimum absolute atomic E-state index is 0.0622. The van der Waals surface area contributed by atoms with Crippen molar-refractivity contribution in [3.63, 3.8) is 0 Å². The van der Waals surface area contributed by atoms with Crippen molar-refractivity contribution in [3.8, 4) is 22.5 Å². The van der Waals surface area contributed by atoms with E-state index in [-0.39, 0.29) is 17.0 Å². The first-order valence-electron chi connectivity index (χ1n) is 12.2. The van der Waals surface area contributed by atoms with E-state index in [1.165, 1.54) is 22.8 Å². The predicted molar refractivity (Wildman–Crippen MR) is 144 cm³/mol. The van der Waals surface area contributed by atoms with Crippen LogP contribution >= 0.6 is 0 Å². The molecular formula is C28H22F3N7O2. The Kier molecular flexibility index (Phi) is 5.91. The van der Waals surface area contributed by atoms with Gasteiger partial charge in [-0.3, -0.25) is 9.36 Å². The summed E-state index contributed by atoms with van der Waals surface area (Å²) in [5, 5.41) is 7.80. The Balaban J connectivity index is 1.49. The Labute approximate surface area is 224 Å². The van der Waals surface area contributed by atoms with Crippen molar-refractivity contribution in [1.29, 1.82) is 0 Å². The van der Waals surface area contributed by atoms with Crippen LogP contribution in [-0.4, -0.2) is 43.5 Å². The van der Waals surface area contributed by atoms with E-state index in [9.17, 15) is 18.0 Å². The number of nitrogen functional groups attached to an aromatic ring is 1. The lowest BCUT2D eigenvalue weighted by molar-refractivity contribution is -0.140. The standard InChI is InChI=1S/C28H22F3N7O2/c1-36(2)14-17-5-3-4-6-20(17)16-7-9-18(10-8-16)37-15-33-23-24(27(37)39)38(34-25(23)28(29,30)31)19-11-12-22-21(13-19)26(32)35-40-22/h3-13,15H,14H2,1-2H3,(H2,32,35). The number of hydrogen-bond donors (Lipinski definition) is 1. The number of alkyl halides is 3. The molecule has 2 N–H and O–H groups in total. The van der Waals surface area contributed by atoms with Crippen LogP contribution in [0.25, 0.3) is 44.5 Å². The van der Waals surface area contributed by atoms with Crippen molar-refractivity contribution in [1.82, 2.24) is 29.4 Å². The van der Waals surface area contributed by atoms with Crippen LogP contribution in [0, 0.1) is 0 Å². The fraction of sp³-hybridized carbons (Fsp3) is 0.143. The Morgan fingerprint density at radius 1 is 1.00 bits per heavy atom. The Hall–Kier alpha value is -4.97. The molecule has 9 nitrogen and oxygen atoms in total. The highest BCUT2D eigenvalue weighted by Gasteiger charge is 2.39. The molecule has 3 aromatic carbocycles. The van der Waals surface area contributed by atoms with Crippen molar-refractivity contribution >= 4 is 27.8 Å². The fourth-order valence-corrected chi connectivity index (χ4v) is 4.73. The van der Waals surface area contributed by atoms with E-state index in [4.69, 9.17) is 10.3 Å². The second kappa shape index (κ2) is 9.35. The van der Waals surface area contributed by atoms with Crippen LogP contribution in [0.5, 0.6) is 0 Å². The van der Waals surface area contributed by atoms with Gasteiger partial charge in [-0.1, -0.05) is 41.6 Å². The van der Waals surface area contributed by atoms with Crippen LogP contribution in [0.15, 0.2) is 82.4 Å². The minimum Gasteiger partial charge on any atom is -0.380 e. The number of fused-ring (bicyclic) bond motifs is 2. The smallest absolute Gasteiger partial charge is 0.380 e. The van der Waals surface area contributed by atoms with Crippen LogP contribution in [0.1, 0.15) is 11.3 Å². The third-order valence-electron chi connectivity index (χ3n) is 6.54. The topological polar surface area (TPSA) is 108 Å². The number of nitrogens with two attached hydrogens (primary N) is 1. The Morgan fingerprint density at radius 3 is 2.45 bits per heavy atom. The SMILES string of the molecule is CN(C)Cc1ccccc1-c1ccc(-n2cnc3c(C(F)(F)F)nn(-c4ccc5onc(N)c5c4)c3c2=O)cc1. The van der Waals surface area contributed by atoms with Crippen molar-refractivity contribution in [2.24, 2.45) is 0 Å². The Morgan fingerprint density at radius 2 is 1.73 bits per heavy atom. The molecule has 0 spiro atoms. The lowest BCUT2D eigenvalue weighted by atomic mass is 9.99. The summed E-state index contributed by atoms with van der Waals surface area (Å²) >= 11 is 0. The number of anilines is 1. The van der Waals surface area contributed by atoms with Gasteiger partial charge >= 0.3 is 6.18 Å². The normalized spacial score (nSPS) is 12.2. The summed E-state index contributed by atoms with van der Waals surface area (Å²) in [6.07, 6.45) is -3.75. The van der Waals surface area contributed by atoms with Gasteiger partial charge in [0.25, 0.3) is 5.56 Å². The molecule has 0 aliphatic carbocycles. The summed E-state index contributed by atoms with van der Waals surface area (Å²) in [6.45, 7) is 0.746. The van der Waals surface area contributed by atoms with Crippen molar-refractivity contribution in [2.75, 3.05) is 19.8 Å². The molecule has 0 saturated heterocycles. The zero-order chi connectivity index (χ0) is 28.2. The average Bonchev–Trinajstić information content (AvgIpc) is 3.50. The first-order chi connectivity index (χ1) is 19.1. The molecule has 3 aromatic heterocycles. The molecule has 0 amide bonds. The van der Waals surface area contributed by atoms with Gasteiger partial charge in [-0.2, -0.15) is 18.3 Å². The van der Waals surface area contributed by atoms with E-state index >= 15 is 0 Å². The summed E-state index contributed by atoms with van der Waals surface area (Å²) < 4.78 is 49.0. The summed E-state index contributed by atoms with van der Waals surface area (Å²) in [4.78, 5) is 19.8. The van der Waals surface area contributed by atoms with Crippen molar-refractivity contribution in [2.45, 2.75) is 12.7 Å². The summed E-state index contributed by atoms with van der Waals surface area (Å²) in [5.41, 5.74) is 7.04. The lowest BCUT2D eigenvalue weighted by Gasteiger charge is -2.15. The van der Waals surface area contributed by atoms with E-state index in [1.54, 1.807) is 12.1 Å². The summed E-state index contributed by atoms with van der Waals surface area (Å²) in [7, 11) is 3.98. The molecule has 0 saturated carbocycles. The molecule has 0 bridgehead atoms. The van der Waals surface area contributed by atoms with E-state index in [2.05, 4.69) is 26.2 Å². The number of aromatic nitrogens is 5. The van der Waals surface area contributed by atoms with Crippen LogP contribution in [0.2, 0.25) is 0 Å². The highest BCUT2D eigenvalue weighted by molar-refractivity contribution is 5.89. The summed E-state index contributed by atoms with van der Waals surface area (Å²) in [5.74, 6) is 0.0622. The van der Waals surface area contributed by atoms with E-state index in [1.807, 2.05) is 44.4 Å². The first kappa shape index (κ1) is 25.3. The molecule has 0 radical (unpaired) electrons. The predicted octanol–water partition coefficient (Wildman–Crippen LogP) is 5.04. The third-order valence-corrected chi connectivity index (χ3v) is 6.54. The largest absolute Gasteiger partial charge is 0.437 e. The maximum Gasteiger partial charge on any atom is 0.437 e. The molecule has 40 heavy (non-hydrogen) atoms. The minimum atomic E-state index is -4.84. The molecule has 0 aliphatic heterocycles. The molecule has 6 rings (SSSR count). The van der Waals surface area contributed by atoms with E-state index < -0.39 is 22.9 Å². The van der Waals surface area contributed by atoms with Gasteiger partial charge in [-0.15, -0.1) is 0 Å². The van der Waals surface area contributed by atoms with Gasteiger partial charge in [-0.25, -0.2) is 9.67 Å². The number of nitrogens with zero attached hydrogens (tertiary/aromatic N) is 6. The lowest BCUT2D eigenvalue weighted by Crippen LogP contribution is -2.21. The molecule has 12 heteroatoms. The molecule has 0 fully saturated rings. The number of hydrogen-bond acceptors (Lipinski definition) is 7. The molecule has 0 atom stereocenters. The van der Waals surface area contributed by atoms with E-state index in [0.717, 1.165) is 34.2 Å². The van der Waals surface area contributed by atoms with Crippen LogP contribution < -0.4 is 11.3 Å². The second-order valence-corrected chi connectivity index (χ2v) is 9.57. The highest BCUT2D eigenvalue weighted by Crippen LogP contribution is 2.34. The van der Waals surface area contributed by atoms with Crippen LogP contribution in [0.3, 0.4) is 0 Å². The average molecular weight is 546 g/mol. The quantitative estimate of drug-likeness (QED) is 0.323. The molecular weight excluding hydrogens is 523 g/mol. The molecule has 0 aliphatic rings. The van der Waals surface area contributed by atoms with Gasteiger partial charge in [-0.05, 0) is 61.1 Å². The first-order valence-corrected chi connectivity index (χ1v) is 12.2. The highest BCUT2D eigenvalue weighted by atomic mass is 19.4. The van der Waals surface area contributed by atoms with E-state index in [0.29, 0.717) is 16.7 Å². The van der Waals surface area contributed by atoms with Crippen molar-refractivity contribution < 1.29 is 17.7 Å². The third kappa shape index (κ3) is 4.28. The zero-order valence-electron chi connectivity index (χ0n) is 21.3. The van der Waals surface area contributed by atoms with Gasteiger partial charge in [0.2, 0.25) is 0 Å². The van der Waals surface area contributed by atoms with Crippen molar-refractivity contribution in [3.05, 3.63) is 94.7 Å². The van der Waals surface area contributed by atoms with Crippen LogP contribution in [-0.2, 0) is 12.7 Å². The maximum absolute atomic E-state index is 13.9. The second-order valence-electron chi connectivity index (χ2n) is 9.57. The number of benzene rings is 3. The molecule has 202 valence electrons.